The number of carbonyl (C=O) groups is 1. The maximum Gasteiger partial charge on any atom is 0.336 e. The fraction of sp³-hybridized carbons (Fsp3) is 0.286. The van der Waals surface area contributed by atoms with E-state index in [2.05, 4.69) is 5.32 Å². The van der Waals surface area contributed by atoms with Crippen LogP contribution in [0.5, 0.6) is 0 Å². The molecule has 0 spiro atoms. The van der Waals surface area contributed by atoms with Crippen LogP contribution >= 0.6 is 0 Å². The maximum atomic E-state index is 13.3. The van der Waals surface area contributed by atoms with Crippen molar-refractivity contribution in [3.05, 3.63) is 74.4 Å². The highest BCUT2D eigenvalue weighted by atomic mass is 16.2. The second-order valence-electron chi connectivity index (χ2n) is 7.09. The summed E-state index contributed by atoms with van der Waals surface area (Å²) in [4.78, 5) is 38.7. The molecule has 1 fully saturated rings. The Kier molecular flexibility index (Phi) is 4.18. The van der Waals surface area contributed by atoms with Gasteiger partial charge in [-0.3, -0.25) is 14.2 Å². The first-order chi connectivity index (χ1) is 13.0. The molecule has 4 rings (SSSR count). The molecule has 6 heteroatoms. The minimum Gasteiger partial charge on any atom is -0.352 e. The number of nitrogens with one attached hydrogen (secondary N) is 1. The van der Waals surface area contributed by atoms with Crippen LogP contribution < -0.4 is 16.6 Å². The van der Waals surface area contributed by atoms with E-state index in [1.54, 1.807) is 30.3 Å². The Morgan fingerprint density at radius 2 is 1.81 bits per heavy atom. The smallest absolute Gasteiger partial charge is 0.336 e. The summed E-state index contributed by atoms with van der Waals surface area (Å²) in [7, 11) is 0. The Labute approximate surface area is 156 Å². The van der Waals surface area contributed by atoms with Gasteiger partial charge in [0.25, 0.3) is 5.56 Å². The van der Waals surface area contributed by atoms with Gasteiger partial charge in [0.2, 0.25) is 5.91 Å². The SMILES string of the molecule is Cc1cccc(-n2c(=O)c3ccccc3n(CC(=O)NC3CC3)c2=O)c1C. The third kappa shape index (κ3) is 3.07. The Morgan fingerprint density at radius 1 is 1.07 bits per heavy atom. The first-order valence-electron chi connectivity index (χ1n) is 9.08. The number of nitrogens with zero attached hydrogens (tertiary/aromatic N) is 2. The predicted molar refractivity (Wildman–Crippen MR) is 104 cm³/mol. The Hall–Kier alpha value is -3.15. The van der Waals surface area contributed by atoms with Crippen LogP contribution in [-0.2, 0) is 11.3 Å². The molecule has 0 radical (unpaired) electrons. The van der Waals surface area contributed by atoms with Crippen molar-refractivity contribution in [3.8, 4) is 5.69 Å². The van der Waals surface area contributed by atoms with Crippen LogP contribution in [-0.4, -0.2) is 21.1 Å². The van der Waals surface area contributed by atoms with Crippen LogP contribution in [0, 0.1) is 13.8 Å². The number of aromatic nitrogens is 2. The van der Waals surface area contributed by atoms with Gasteiger partial charge >= 0.3 is 5.69 Å². The Bertz CT molecular complexity index is 1170. The standard InChI is InChI=1S/C21H21N3O3/c1-13-6-5-9-17(14(13)2)24-20(26)16-7-3-4-8-18(16)23(21(24)27)12-19(25)22-15-10-11-15/h3-9,15H,10-12H2,1-2H3,(H,22,25). The van der Waals surface area contributed by atoms with Crippen LogP contribution in [0.3, 0.4) is 0 Å². The summed E-state index contributed by atoms with van der Waals surface area (Å²) in [5, 5.41) is 3.32. The van der Waals surface area contributed by atoms with E-state index < -0.39 is 5.69 Å². The molecule has 1 aromatic heterocycles. The van der Waals surface area contributed by atoms with Gasteiger partial charge in [-0.1, -0.05) is 24.3 Å². The van der Waals surface area contributed by atoms with Crippen LogP contribution in [0.25, 0.3) is 16.6 Å². The first kappa shape index (κ1) is 17.3. The van der Waals surface area contributed by atoms with Crippen molar-refractivity contribution in [1.82, 2.24) is 14.5 Å². The largest absolute Gasteiger partial charge is 0.352 e. The summed E-state index contributed by atoms with van der Waals surface area (Å²) in [5.41, 5.74) is 2.00. The lowest BCUT2D eigenvalue weighted by molar-refractivity contribution is -0.121. The molecule has 0 unspecified atom stereocenters. The van der Waals surface area contributed by atoms with E-state index in [1.165, 1.54) is 9.13 Å². The van der Waals surface area contributed by atoms with Crippen molar-refractivity contribution >= 4 is 16.8 Å². The highest BCUT2D eigenvalue weighted by molar-refractivity contribution is 5.82. The Morgan fingerprint density at radius 3 is 2.56 bits per heavy atom. The van der Waals surface area contributed by atoms with E-state index in [-0.39, 0.29) is 24.1 Å². The van der Waals surface area contributed by atoms with E-state index in [1.807, 2.05) is 26.0 Å². The third-order valence-corrected chi connectivity index (χ3v) is 5.11. The molecule has 1 N–H and O–H groups in total. The number of carbonyl (C=O) groups excluding carboxylic acids is 1. The Balaban J connectivity index is 1.97. The van der Waals surface area contributed by atoms with Crippen LogP contribution in [0.15, 0.2) is 52.1 Å². The number of hydrogen-bond acceptors (Lipinski definition) is 3. The molecule has 27 heavy (non-hydrogen) atoms. The number of hydrogen-bond donors (Lipinski definition) is 1. The van der Waals surface area contributed by atoms with Gasteiger partial charge in [-0.25, -0.2) is 9.36 Å². The average Bonchev–Trinajstić information content (AvgIpc) is 3.46. The van der Waals surface area contributed by atoms with Gasteiger partial charge in [-0.2, -0.15) is 0 Å². The predicted octanol–water partition coefficient (Wildman–Crippen LogP) is 2.05. The molecule has 1 heterocycles. The van der Waals surface area contributed by atoms with E-state index in [9.17, 15) is 14.4 Å². The van der Waals surface area contributed by atoms with Gasteiger partial charge in [0.15, 0.2) is 0 Å². The number of aryl methyl sites for hydroxylation is 1. The van der Waals surface area contributed by atoms with Gasteiger partial charge < -0.3 is 5.32 Å². The molecule has 0 atom stereocenters. The van der Waals surface area contributed by atoms with Gasteiger partial charge in [0, 0.05) is 6.04 Å². The zero-order valence-electron chi connectivity index (χ0n) is 15.4. The van der Waals surface area contributed by atoms with E-state index >= 15 is 0 Å². The van der Waals surface area contributed by atoms with E-state index in [4.69, 9.17) is 0 Å². The summed E-state index contributed by atoms with van der Waals surface area (Å²) in [6.07, 6.45) is 1.95. The molecule has 0 saturated heterocycles. The minimum absolute atomic E-state index is 0.110. The van der Waals surface area contributed by atoms with E-state index in [0.717, 1.165) is 24.0 Å². The number of rotatable bonds is 4. The second kappa shape index (κ2) is 6.54. The van der Waals surface area contributed by atoms with Crippen molar-refractivity contribution in [3.63, 3.8) is 0 Å². The summed E-state index contributed by atoms with van der Waals surface area (Å²) in [6, 6.07) is 12.6. The quantitative estimate of drug-likeness (QED) is 0.771. The number of para-hydroxylation sites is 1. The van der Waals surface area contributed by atoms with Crippen LogP contribution in [0.2, 0.25) is 0 Å². The normalized spacial score (nSPS) is 13.7. The fourth-order valence-electron chi connectivity index (χ4n) is 3.31. The molecule has 3 aromatic rings. The zero-order chi connectivity index (χ0) is 19.1. The van der Waals surface area contributed by atoms with Crippen LogP contribution in [0.1, 0.15) is 24.0 Å². The van der Waals surface area contributed by atoms with Crippen molar-refractivity contribution in [2.24, 2.45) is 0 Å². The lowest BCUT2D eigenvalue weighted by Gasteiger charge is -2.16. The van der Waals surface area contributed by atoms with Gasteiger partial charge in [0.1, 0.15) is 6.54 Å². The molecule has 0 aliphatic heterocycles. The number of fused-ring (bicyclic) bond motifs is 1. The lowest BCUT2D eigenvalue weighted by Crippen LogP contribution is -2.42. The molecule has 1 saturated carbocycles. The molecule has 6 nitrogen and oxygen atoms in total. The van der Waals surface area contributed by atoms with Gasteiger partial charge in [-0.05, 0) is 56.0 Å². The molecule has 1 amide bonds. The highest BCUT2D eigenvalue weighted by Gasteiger charge is 2.24. The summed E-state index contributed by atoms with van der Waals surface area (Å²) < 4.78 is 2.56. The minimum atomic E-state index is -0.502. The summed E-state index contributed by atoms with van der Waals surface area (Å²) >= 11 is 0. The first-order valence-corrected chi connectivity index (χ1v) is 9.08. The third-order valence-electron chi connectivity index (χ3n) is 5.11. The van der Waals surface area contributed by atoms with Gasteiger partial charge in [-0.15, -0.1) is 0 Å². The molecule has 138 valence electrons. The highest BCUT2D eigenvalue weighted by Crippen LogP contribution is 2.19. The van der Waals surface area contributed by atoms with Gasteiger partial charge in [0.05, 0.1) is 16.6 Å². The zero-order valence-corrected chi connectivity index (χ0v) is 15.4. The summed E-state index contributed by atoms with van der Waals surface area (Å²) in [5.74, 6) is -0.212. The van der Waals surface area contributed by atoms with Crippen molar-refractivity contribution in [2.45, 2.75) is 39.3 Å². The lowest BCUT2D eigenvalue weighted by atomic mass is 10.1. The summed E-state index contributed by atoms with van der Waals surface area (Å²) in [6.45, 7) is 3.71. The molecular formula is C21H21N3O3. The number of benzene rings is 2. The fourth-order valence-corrected chi connectivity index (χ4v) is 3.31. The van der Waals surface area contributed by atoms with Crippen molar-refractivity contribution < 1.29 is 4.79 Å². The maximum absolute atomic E-state index is 13.3. The van der Waals surface area contributed by atoms with E-state index in [0.29, 0.717) is 16.6 Å². The second-order valence-corrected chi connectivity index (χ2v) is 7.09. The number of amides is 1. The van der Waals surface area contributed by atoms with Crippen molar-refractivity contribution in [2.75, 3.05) is 0 Å². The monoisotopic (exact) mass is 363 g/mol. The van der Waals surface area contributed by atoms with Crippen LogP contribution in [0.4, 0.5) is 0 Å². The van der Waals surface area contributed by atoms with Crippen molar-refractivity contribution in [1.29, 1.82) is 0 Å². The molecule has 1 aliphatic carbocycles. The average molecular weight is 363 g/mol. The molecule has 0 bridgehead atoms. The molecule has 1 aliphatic rings. The topological polar surface area (TPSA) is 73.1 Å². The molecular weight excluding hydrogens is 342 g/mol. The molecule has 2 aromatic carbocycles.